The van der Waals surface area contributed by atoms with E-state index >= 15 is 0 Å². The van der Waals surface area contributed by atoms with Crippen LogP contribution >= 0.6 is 0 Å². The topological polar surface area (TPSA) is 67.9 Å². The second-order valence-electron chi connectivity index (χ2n) is 8.60. The maximum Gasteiger partial charge on any atom is 0.422 e. The fraction of sp³-hybridized carbons (Fsp3) is 0.462. The van der Waals surface area contributed by atoms with Crippen molar-refractivity contribution in [1.29, 1.82) is 0 Å². The molecule has 1 aliphatic heterocycles. The average Bonchev–Trinajstić information content (AvgIpc) is 2.85. The zero-order valence-electron chi connectivity index (χ0n) is 19.8. The van der Waals surface area contributed by atoms with Gasteiger partial charge in [0.15, 0.2) is 18.1 Å². The number of alkyl halides is 3. The summed E-state index contributed by atoms with van der Waals surface area (Å²) in [7, 11) is 1.36. The first-order valence-corrected chi connectivity index (χ1v) is 11.7. The van der Waals surface area contributed by atoms with Crippen LogP contribution in [0.5, 0.6) is 11.5 Å². The lowest BCUT2D eigenvalue weighted by molar-refractivity contribution is -0.153. The first-order valence-electron chi connectivity index (χ1n) is 11.7. The Bertz CT molecular complexity index is 974. The minimum absolute atomic E-state index is 0.00721. The number of hydrogen-bond donors (Lipinski definition) is 1. The number of piperidine rings is 1. The molecule has 2 aromatic rings. The van der Waals surface area contributed by atoms with E-state index in [1.165, 1.54) is 13.2 Å². The van der Waals surface area contributed by atoms with Gasteiger partial charge in [0.25, 0.3) is 0 Å². The SMILES string of the molecule is COc1cc(CCC(=O)N2CCC(NC(=O)CCc3ccccc3)CC2)ccc1OCC(F)(F)F. The Balaban J connectivity index is 1.39. The molecule has 0 spiro atoms. The third-order valence-electron chi connectivity index (χ3n) is 5.94. The van der Waals surface area contributed by atoms with Gasteiger partial charge in [-0.2, -0.15) is 13.2 Å². The van der Waals surface area contributed by atoms with Crippen LogP contribution in [-0.2, 0) is 22.4 Å². The van der Waals surface area contributed by atoms with Crippen molar-refractivity contribution in [2.75, 3.05) is 26.8 Å². The number of amides is 2. The maximum atomic E-state index is 12.7. The van der Waals surface area contributed by atoms with E-state index in [9.17, 15) is 22.8 Å². The van der Waals surface area contributed by atoms with Gasteiger partial charge in [0.1, 0.15) is 0 Å². The molecule has 9 heteroatoms. The van der Waals surface area contributed by atoms with Crippen molar-refractivity contribution >= 4 is 11.8 Å². The molecule has 0 unspecified atom stereocenters. The van der Waals surface area contributed by atoms with Gasteiger partial charge in [0.2, 0.25) is 11.8 Å². The predicted molar refractivity (Wildman–Crippen MR) is 125 cm³/mol. The van der Waals surface area contributed by atoms with Crippen molar-refractivity contribution in [2.24, 2.45) is 0 Å². The highest BCUT2D eigenvalue weighted by molar-refractivity contribution is 5.77. The number of methoxy groups -OCH3 is 1. The molecule has 190 valence electrons. The molecule has 1 aliphatic rings. The average molecular weight is 493 g/mol. The third-order valence-corrected chi connectivity index (χ3v) is 5.94. The zero-order valence-corrected chi connectivity index (χ0v) is 19.8. The highest BCUT2D eigenvalue weighted by atomic mass is 19.4. The largest absolute Gasteiger partial charge is 0.493 e. The molecule has 2 amide bonds. The van der Waals surface area contributed by atoms with E-state index in [-0.39, 0.29) is 35.8 Å². The number of nitrogens with zero attached hydrogens (tertiary/aromatic N) is 1. The Morgan fingerprint density at radius 2 is 1.66 bits per heavy atom. The van der Waals surface area contributed by atoms with Gasteiger partial charge in [-0.3, -0.25) is 9.59 Å². The fourth-order valence-electron chi connectivity index (χ4n) is 4.03. The van der Waals surface area contributed by atoms with E-state index in [4.69, 9.17) is 9.47 Å². The Kier molecular flexibility index (Phi) is 9.39. The second kappa shape index (κ2) is 12.5. The minimum atomic E-state index is -4.44. The van der Waals surface area contributed by atoms with E-state index in [1.807, 2.05) is 30.3 Å². The lowest BCUT2D eigenvalue weighted by atomic mass is 10.0. The summed E-state index contributed by atoms with van der Waals surface area (Å²) < 4.78 is 47.1. The van der Waals surface area contributed by atoms with Crippen molar-refractivity contribution in [3.63, 3.8) is 0 Å². The summed E-state index contributed by atoms with van der Waals surface area (Å²) in [5, 5.41) is 3.07. The molecule has 0 aromatic heterocycles. The molecule has 2 aromatic carbocycles. The third kappa shape index (κ3) is 8.81. The zero-order chi connectivity index (χ0) is 25.3. The Morgan fingerprint density at radius 3 is 2.31 bits per heavy atom. The van der Waals surface area contributed by atoms with Gasteiger partial charge in [-0.1, -0.05) is 36.4 Å². The van der Waals surface area contributed by atoms with Gasteiger partial charge in [0, 0.05) is 32.0 Å². The summed E-state index contributed by atoms with van der Waals surface area (Å²) in [6.45, 7) is -0.239. The summed E-state index contributed by atoms with van der Waals surface area (Å²) in [6, 6.07) is 14.6. The number of likely N-dealkylation sites (tertiary alicyclic amines) is 1. The van der Waals surface area contributed by atoms with E-state index in [0.29, 0.717) is 45.2 Å². The Labute approximate surface area is 203 Å². The molecule has 0 aliphatic carbocycles. The van der Waals surface area contributed by atoms with Crippen LogP contribution in [0.2, 0.25) is 0 Å². The first kappa shape index (κ1) is 26.4. The van der Waals surface area contributed by atoms with Crippen LogP contribution < -0.4 is 14.8 Å². The number of rotatable bonds is 10. The number of hydrogen-bond acceptors (Lipinski definition) is 4. The summed E-state index contributed by atoms with van der Waals surface area (Å²) in [4.78, 5) is 26.7. The molecule has 6 nitrogen and oxygen atoms in total. The van der Waals surface area contributed by atoms with Crippen molar-refractivity contribution in [1.82, 2.24) is 10.2 Å². The van der Waals surface area contributed by atoms with E-state index in [2.05, 4.69) is 5.32 Å². The van der Waals surface area contributed by atoms with Crippen LogP contribution in [0.4, 0.5) is 13.2 Å². The van der Waals surface area contributed by atoms with Crippen molar-refractivity contribution in [3.8, 4) is 11.5 Å². The van der Waals surface area contributed by atoms with Gasteiger partial charge >= 0.3 is 6.18 Å². The number of ether oxygens (including phenoxy) is 2. The molecular formula is C26H31F3N2O4. The molecule has 1 fully saturated rings. The molecule has 0 atom stereocenters. The maximum absolute atomic E-state index is 12.7. The number of carbonyl (C=O) groups is 2. The number of halogens is 3. The Hall–Kier alpha value is -3.23. The van der Waals surface area contributed by atoms with Gasteiger partial charge in [-0.25, -0.2) is 0 Å². The molecule has 0 radical (unpaired) electrons. The highest BCUT2D eigenvalue weighted by Crippen LogP contribution is 2.30. The smallest absolute Gasteiger partial charge is 0.422 e. The van der Waals surface area contributed by atoms with E-state index < -0.39 is 12.8 Å². The molecule has 1 N–H and O–H groups in total. The van der Waals surface area contributed by atoms with Crippen LogP contribution in [0.15, 0.2) is 48.5 Å². The summed E-state index contributed by atoms with van der Waals surface area (Å²) >= 11 is 0. The number of carbonyl (C=O) groups excluding carboxylic acids is 2. The molecular weight excluding hydrogens is 461 g/mol. The molecule has 35 heavy (non-hydrogen) atoms. The first-order chi connectivity index (χ1) is 16.7. The van der Waals surface area contributed by atoms with Crippen LogP contribution in [0.3, 0.4) is 0 Å². The standard InChI is InChI=1S/C26H31F3N2O4/c1-34-23-17-20(7-10-22(23)35-18-26(27,28)29)9-12-25(33)31-15-13-21(14-16-31)30-24(32)11-8-19-5-3-2-4-6-19/h2-7,10,17,21H,8-9,11-16,18H2,1H3,(H,30,32). The number of aryl methyl sites for hydroxylation is 2. The monoisotopic (exact) mass is 492 g/mol. The predicted octanol–water partition coefficient (Wildman–Crippen LogP) is 4.31. The van der Waals surface area contributed by atoms with Crippen LogP contribution in [0, 0.1) is 0 Å². The number of benzene rings is 2. The fourth-order valence-corrected chi connectivity index (χ4v) is 4.03. The van der Waals surface area contributed by atoms with Gasteiger partial charge in [-0.05, 0) is 48.9 Å². The molecule has 1 heterocycles. The molecule has 3 rings (SSSR count). The normalized spacial score (nSPS) is 14.5. The number of nitrogens with one attached hydrogen (secondary N) is 1. The lowest BCUT2D eigenvalue weighted by Gasteiger charge is -2.32. The van der Waals surface area contributed by atoms with Crippen LogP contribution in [0.25, 0.3) is 0 Å². The van der Waals surface area contributed by atoms with Gasteiger partial charge in [-0.15, -0.1) is 0 Å². The lowest BCUT2D eigenvalue weighted by Crippen LogP contribution is -2.46. The van der Waals surface area contributed by atoms with Crippen LogP contribution in [-0.4, -0.2) is 55.7 Å². The second-order valence-corrected chi connectivity index (χ2v) is 8.60. The van der Waals surface area contributed by atoms with E-state index in [1.54, 1.807) is 17.0 Å². The molecule has 0 bridgehead atoms. The summed E-state index contributed by atoms with van der Waals surface area (Å²) in [6.07, 6.45) is -1.17. The van der Waals surface area contributed by atoms with Crippen LogP contribution in [0.1, 0.15) is 36.8 Å². The summed E-state index contributed by atoms with van der Waals surface area (Å²) in [5.74, 6) is 0.237. The van der Waals surface area contributed by atoms with Gasteiger partial charge < -0.3 is 19.7 Å². The Morgan fingerprint density at radius 1 is 0.971 bits per heavy atom. The van der Waals surface area contributed by atoms with Crippen molar-refractivity contribution in [2.45, 2.75) is 50.7 Å². The van der Waals surface area contributed by atoms with Crippen molar-refractivity contribution in [3.05, 3.63) is 59.7 Å². The minimum Gasteiger partial charge on any atom is -0.493 e. The molecule has 1 saturated heterocycles. The quantitative estimate of drug-likeness (QED) is 0.537. The van der Waals surface area contributed by atoms with E-state index in [0.717, 1.165) is 11.1 Å². The molecule has 0 saturated carbocycles. The van der Waals surface area contributed by atoms with Gasteiger partial charge in [0.05, 0.1) is 7.11 Å². The highest BCUT2D eigenvalue weighted by Gasteiger charge is 2.29. The van der Waals surface area contributed by atoms with Crippen molar-refractivity contribution < 1.29 is 32.2 Å². The summed E-state index contributed by atoms with van der Waals surface area (Å²) in [5.41, 5.74) is 1.90.